The maximum atomic E-state index is 3.14. The first kappa shape index (κ1) is 18.7. The van der Waals surface area contributed by atoms with Crippen LogP contribution in [0, 0.1) is 0 Å². The molecule has 2 heteroatoms. The van der Waals surface area contributed by atoms with Gasteiger partial charge in [0.1, 0.15) is 0 Å². The standard InChI is InChI=1S/C7H18N2.2C2H6/c1-5-9(4)7(2)6-8-3;2*1-2/h7-8H,5-6H2,1-4H3;2*1-2H3. The van der Waals surface area contributed by atoms with E-state index in [0.717, 1.165) is 13.1 Å². The van der Waals surface area contributed by atoms with Crippen molar-refractivity contribution in [1.82, 2.24) is 10.2 Å². The number of likely N-dealkylation sites (N-methyl/N-ethyl adjacent to an activating group) is 2. The van der Waals surface area contributed by atoms with E-state index < -0.39 is 0 Å². The highest BCUT2D eigenvalue weighted by Crippen LogP contribution is 1.90. The van der Waals surface area contributed by atoms with Gasteiger partial charge in [-0.05, 0) is 27.6 Å². The van der Waals surface area contributed by atoms with Gasteiger partial charge < -0.3 is 10.2 Å². The molecule has 84 valence electrons. The van der Waals surface area contributed by atoms with Gasteiger partial charge in [-0.2, -0.15) is 0 Å². The topological polar surface area (TPSA) is 15.3 Å². The molecular formula is C11H30N2. The monoisotopic (exact) mass is 190 g/mol. The molecule has 0 bridgehead atoms. The molecule has 0 radical (unpaired) electrons. The van der Waals surface area contributed by atoms with Crippen molar-refractivity contribution in [1.29, 1.82) is 0 Å². The quantitative estimate of drug-likeness (QED) is 0.733. The summed E-state index contributed by atoms with van der Waals surface area (Å²) in [6.45, 7) is 14.6. The van der Waals surface area contributed by atoms with Crippen LogP contribution in [0.1, 0.15) is 41.5 Å². The number of nitrogens with zero attached hydrogens (tertiary/aromatic N) is 1. The highest BCUT2D eigenvalue weighted by atomic mass is 15.1. The summed E-state index contributed by atoms with van der Waals surface area (Å²) in [5.74, 6) is 0. The summed E-state index contributed by atoms with van der Waals surface area (Å²) in [5.41, 5.74) is 0. The summed E-state index contributed by atoms with van der Waals surface area (Å²) >= 11 is 0. The minimum Gasteiger partial charge on any atom is -0.318 e. The molecule has 0 saturated heterocycles. The molecule has 1 unspecified atom stereocenters. The summed E-state index contributed by atoms with van der Waals surface area (Å²) in [4.78, 5) is 2.32. The molecular weight excluding hydrogens is 160 g/mol. The maximum Gasteiger partial charge on any atom is 0.0189 e. The van der Waals surface area contributed by atoms with E-state index in [1.165, 1.54) is 0 Å². The van der Waals surface area contributed by atoms with Crippen LogP contribution in [0.15, 0.2) is 0 Å². The Morgan fingerprint density at radius 3 is 1.77 bits per heavy atom. The summed E-state index contributed by atoms with van der Waals surface area (Å²) in [7, 11) is 4.13. The van der Waals surface area contributed by atoms with Crippen molar-refractivity contribution >= 4 is 0 Å². The highest BCUT2D eigenvalue weighted by molar-refractivity contribution is 4.62. The van der Waals surface area contributed by atoms with Gasteiger partial charge in [-0.15, -0.1) is 0 Å². The number of rotatable bonds is 4. The van der Waals surface area contributed by atoms with E-state index in [1.807, 2.05) is 34.7 Å². The van der Waals surface area contributed by atoms with Crippen molar-refractivity contribution in [3.8, 4) is 0 Å². The van der Waals surface area contributed by atoms with Crippen molar-refractivity contribution in [2.75, 3.05) is 27.2 Å². The Kier molecular flexibility index (Phi) is 25.6. The van der Waals surface area contributed by atoms with Crippen LogP contribution >= 0.6 is 0 Å². The van der Waals surface area contributed by atoms with Crippen LogP contribution in [0.25, 0.3) is 0 Å². The van der Waals surface area contributed by atoms with Gasteiger partial charge >= 0.3 is 0 Å². The van der Waals surface area contributed by atoms with Crippen LogP contribution in [0.2, 0.25) is 0 Å². The average molecular weight is 190 g/mol. The average Bonchev–Trinajstić information content (AvgIpc) is 2.23. The fourth-order valence-corrected chi connectivity index (χ4v) is 0.763. The largest absolute Gasteiger partial charge is 0.318 e. The predicted octanol–water partition coefficient (Wildman–Crippen LogP) is 2.60. The minimum atomic E-state index is 0.653. The van der Waals surface area contributed by atoms with E-state index in [0.29, 0.717) is 6.04 Å². The molecule has 0 aromatic rings. The third-order valence-corrected chi connectivity index (χ3v) is 1.75. The molecule has 0 aromatic carbocycles. The van der Waals surface area contributed by atoms with Gasteiger partial charge in [0.15, 0.2) is 0 Å². The zero-order valence-electron chi connectivity index (χ0n) is 10.9. The second-order valence-corrected chi connectivity index (χ2v) is 2.48. The fraction of sp³-hybridized carbons (Fsp3) is 1.00. The Morgan fingerprint density at radius 2 is 1.54 bits per heavy atom. The first-order chi connectivity index (χ1) is 6.22. The molecule has 0 heterocycles. The van der Waals surface area contributed by atoms with Gasteiger partial charge in [-0.1, -0.05) is 34.6 Å². The number of hydrogen-bond donors (Lipinski definition) is 1. The molecule has 0 aliphatic carbocycles. The maximum absolute atomic E-state index is 3.14. The normalized spacial score (nSPS) is 10.8. The fourth-order valence-electron chi connectivity index (χ4n) is 0.763. The molecule has 0 saturated carbocycles. The van der Waals surface area contributed by atoms with Crippen LogP contribution in [-0.2, 0) is 0 Å². The van der Waals surface area contributed by atoms with Crippen LogP contribution in [0.4, 0.5) is 0 Å². The Labute approximate surface area is 85.7 Å². The molecule has 0 rings (SSSR count). The smallest absolute Gasteiger partial charge is 0.0189 e. The van der Waals surface area contributed by atoms with Crippen LogP contribution < -0.4 is 5.32 Å². The number of hydrogen-bond acceptors (Lipinski definition) is 2. The van der Waals surface area contributed by atoms with Crippen LogP contribution in [0.3, 0.4) is 0 Å². The molecule has 1 N–H and O–H groups in total. The molecule has 0 fully saturated rings. The lowest BCUT2D eigenvalue weighted by molar-refractivity contribution is 0.267. The Morgan fingerprint density at radius 1 is 1.15 bits per heavy atom. The van der Waals surface area contributed by atoms with Crippen molar-refractivity contribution in [3.05, 3.63) is 0 Å². The van der Waals surface area contributed by atoms with Gasteiger partial charge in [-0.3, -0.25) is 0 Å². The summed E-state index contributed by atoms with van der Waals surface area (Å²) in [5, 5.41) is 3.14. The van der Waals surface area contributed by atoms with E-state index in [4.69, 9.17) is 0 Å². The lowest BCUT2D eigenvalue weighted by Gasteiger charge is -2.22. The lowest BCUT2D eigenvalue weighted by atomic mass is 10.3. The van der Waals surface area contributed by atoms with E-state index in [-0.39, 0.29) is 0 Å². The van der Waals surface area contributed by atoms with Crippen LogP contribution in [0.5, 0.6) is 0 Å². The van der Waals surface area contributed by atoms with Crippen LogP contribution in [-0.4, -0.2) is 38.1 Å². The second kappa shape index (κ2) is 17.9. The molecule has 0 amide bonds. The van der Waals surface area contributed by atoms with Crippen molar-refractivity contribution in [3.63, 3.8) is 0 Å². The van der Waals surface area contributed by atoms with E-state index in [2.05, 4.69) is 31.1 Å². The van der Waals surface area contributed by atoms with E-state index in [9.17, 15) is 0 Å². The molecule has 13 heavy (non-hydrogen) atoms. The van der Waals surface area contributed by atoms with Gasteiger partial charge in [0.05, 0.1) is 0 Å². The third-order valence-electron chi connectivity index (χ3n) is 1.75. The van der Waals surface area contributed by atoms with Gasteiger partial charge in [0, 0.05) is 12.6 Å². The Hall–Kier alpha value is -0.0800. The summed E-state index contributed by atoms with van der Waals surface area (Å²) < 4.78 is 0. The van der Waals surface area contributed by atoms with Crippen molar-refractivity contribution < 1.29 is 0 Å². The zero-order chi connectivity index (χ0) is 11.3. The summed E-state index contributed by atoms with van der Waals surface area (Å²) in [6, 6.07) is 0.653. The first-order valence-electron chi connectivity index (χ1n) is 5.57. The zero-order valence-corrected chi connectivity index (χ0v) is 10.9. The Bertz CT molecular complexity index is 65.1. The molecule has 0 spiro atoms. The third kappa shape index (κ3) is 14.7. The molecule has 1 atom stereocenters. The lowest BCUT2D eigenvalue weighted by Crippen LogP contribution is -2.36. The van der Waals surface area contributed by atoms with Gasteiger partial charge in [0.2, 0.25) is 0 Å². The van der Waals surface area contributed by atoms with E-state index >= 15 is 0 Å². The number of nitrogens with one attached hydrogen (secondary N) is 1. The Balaban J connectivity index is -0.000000218. The van der Waals surface area contributed by atoms with E-state index in [1.54, 1.807) is 0 Å². The van der Waals surface area contributed by atoms with Gasteiger partial charge in [0.25, 0.3) is 0 Å². The minimum absolute atomic E-state index is 0.653. The second-order valence-electron chi connectivity index (χ2n) is 2.48. The molecule has 0 aliphatic rings. The highest BCUT2D eigenvalue weighted by Gasteiger charge is 2.03. The van der Waals surface area contributed by atoms with Gasteiger partial charge in [-0.25, -0.2) is 0 Å². The SMILES string of the molecule is CC.CC.CCN(C)C(C)CNC. The van der Waals surface area contributed by atoms with Crippen molar-refractivity contribution in [2.45, 2.75) is 47.6 Å². The predicted molar refractivity (Wildman–Crippen MR) is 64.4 cm³/mol. The molecule has 0 aromatic heterocycles. The molecule has 0 aliphatic heterocycles. The van der Waals surface area contributed by atoms with Crippen molar-refractivity contribution in [2.24, 2.45) is 0 Å². The summed E-state index contributed by atoms with van der Waals surface area (Å²) in [6.07, 6.45) is 0. The first-order valence-corrected chi connectivity index (χ1v) is 5.57. The molecule has 2 nitrogen and oxygen atoms in total.